The van der Waals surface area contributed by atoms with E-state index in [-0.39, 0.29) is 29.4 Å². The number of anilines is 4. The van der Waals surface area contributed by atoms with Gasteiger partial charge in [0.2, 0.25) is 17.8 Å². The van der Waals surface area contributed by atoms with E-state index in [2.05, 4.69) is 25.9 Å². The Kier molecular flexibility index (Phi) is 5.81. The number of amides is 2. The van der Waals surface area contributed by atoms with Crippen molar-refractivity contribution in [3.05, 3.63) is 74.0 Å². The van der Waals surface area contributed by atoms with Crippen LogP contribution < -0.4 is 21.5 Å². The summed E-state index contributed by atoms with van der Waals surface area (Å²) in [6, 6.07) is 7.41. The number of hydrogen-bond donors (Lipinski definition) is 4. The van der Waals surface area contributed by atoms with Crippen LogP contribution in [0.25, 0.3) is 0 Å². The fraction of sp³-hybridized carbons (Fsp3) is 0.100. The number of fused-ring (bicyclic) bond motifs is 1. The molecule has 12 heteroatoms. The first kappa shape index (κ1) is 21.7. The summed E-state index contributed by atoms with van der Waals surface area (Å²) >= 11 is 11.9. The van der Waals surface area contributed by atoms with Gasteiger partial charge in [-0.2, -0.15) is 4.98 Å². The van der Waals surface area contributed by atoms with Crippen molar-refractivity contribution in [2.75, 3.05) is 16.0 Å². The first-order valence-corrected chi connectivity index (χ1v) is 9.88. The summed E-state index contributed by atoms with van der Waals surface area (Å²) < 4.78 is 26.5. The largest absolute Gasteiger partial charge is 0.326 e. The van der Waals surface area contributed by atoms with Gasteiger partial charge in [0.05, 0.1) is 11.5 Å². The van der Waals surface area contributed by atoms with Crippen molar-refractivity contribution in [3.8, 4) is 0 Å². The lowest BCUT2D eigenvalue weighted by atomic mass is 9.92. The first-order chi connectivity index (χ1) is 15.2. The molecule has 3 aromatic rings. The number of hydrogen-bond acceptors (Lipinski definition) is 5. The predicted octanol–water partition coefficient (Wildman–Crippen LogP) is 4.16. The third kappa shape index (κ3) is 4.56. The summed E-state index contributed by atoms with van der Waals surface area (Å²) in [6.07, 6.45) is -0.329. The molecule has 0 bridgehead atoms. The van der Waals surface area contributed by atoms with Crippen LogP contribution in [0.1, 0.15) is 17.9 Å². The predicted molar refractivity (Wildman–Crippen MR) is 116 cm³/mol. The Morgan fingerprint density at radius 1 is 1.03 bits per heavy atom. The lowest BCUT2D eigenvalue weighted by Gasteiger charge is -2.23. The van der Waals surface area contributed by atoms with Crippen molar-refractivity contribution < 1.29 is 18.4 Å². The van der Waals surface area contributed by atoms with Gasteiger partial charge in [0, 0.05) is 33.9 Å². The molecule has 2 amide bonds. The van der Waals surface area contributed by atoms with Crippen molar-refractivity contribution in [1.29, 1.82) is 0 Å². The molecule has 0 spiro atoms. The van der Waals surface area contributed by atoms with E-state index in [0.29, 0.717) is 15.7 Å². The molecule has 4 rings (SSSR count). The number of aromatic nitrogens is 2. The van der Waals surface area contributed by atoms with E-state index in [0.717, 1.165) is 18.2 Å². The average Bonchev–Trinajstić information content (AvgIpc) is 2.69. The van der Waals surface area contributed by atoms with Crippen LogP contribution in [0.2, 0.25) is 10.0 Å². The summed E-state index contributed by atoms with van der Waals surface area (Å²) in [5.74, 6) is -4.84. The highest BCUT2D eigenvalue weighted by Crippen LogP contribution is 2.31. The molecule has 0 saturated heterocycles. The van der Waals surface area contributed by atoms with Crippen molar-refractivity contribution in [3.63, 3.8) is 0 Å². The van der Waals surface area contributed by atoms with Crippen LogP contribution >= 0.6 is 23.2 Å². The van der Waals surface area contributed by atoms with Crippen LogP contribution in [0.3, 0.4) is 0 Å². The van der Waals surface area contributed by atoms with Gasteiger partial charge in [-0.25, -0.2) is 8.78 Å². The molecule has 2 heterocycles. The maximum Gasteiger partial charge on any atom is 0.258 e. The summed E-state index contributed by atoms with van der Waals surface area (Å²) in [5, 5.41) is 8.37. The molecule has 1 aromatic heterocycles. The SMILES string of the molecule is O=C1CC(C(=O)Nc2ccc(F)c(F)c2)c2c(nc(Nc3cc(Cl)cc(Cl)c3)[nH]c2=O)N1. The number of carbonyl (C=O) groups excluding carboxylic acids is 2. The summed E-state index contributed by atoms with van der Waals surface area (Å²) in [5.41, 5.74) is -0.335. The molecular weight excluding hydrogens is 467 g/mol. The Labute approximate surface area is 189 Å². The first-order valence-electron chi connectivity index (χ1n) is 9.12. The molecule has 164 valence electrons. The van der Waals surface area contributed by atoms with Crippen molar-refractivity contribution >= 4 is 58.2 Å². The maximum atomic E-state index is 13.4. The minimum atomic E-state index is -1.20. The second-order valence-electron chi connectivity index (χ2n) is 6.88. The number of halogens is 4. The number of H-pyrrole nitrogens is 1. The zero-order valence-electron chi connectivity index (χ0n) is 15.9. The van der Waals surface area contributed by atoms with E-state index in [1.165, 1.54) is 6.07 Å². The minimum absolute atomic E-state index is 0.0194. The van der Waals surface area contributed by atoms with E-state index in [9.17, 15) is 23.2 Å². The van der Waals surface area contributed by atoms with Gasteiger partial charge in [0.25, 0.3) is 5.56 Å². The van der Waals surface area contributed by atoms with Crippen molar-refractivity contribution in [2.24, 2.45) is 0 Å². The molecule has 4 N–H and O–H groups in total. The molecule has 0 saturated carbocycles. The van der Waals surface area contributed by atoms with Crippen LogP contribution in [-0.4, -0.2) is 21.8 Å². The highest BCUT2D eigenvalue weighted by molar-refractivity contribution is 6.35. The number of carbonyl (C=O) groups is 2. The van der Waals surface area contributed by atoms with Crippen LogP contribution in [0, 0.1) is 11.6 Å². The van der Waals surface area contributed by atoms with Crippen LogP contribution in [-0.2, 0) is 9.59 Å². The molecule has 1 unspecified atom stereocenters. The fourth-order valence-corrected chi connectivity index (χ4v) is 3.75. The molecule has 8 nitrogen and oxygen atoms in total. The number of rotatable bonds is 4. The minimum Gasteiger partial charge on any atom is -0.326 e. The molecule has 1 aliphatic rings. The smallest absolute Gasteiger partial charge is 0.258 e. The average molecular weight is 480 g/mol. The van der Waals surface area contributed by atoms with E-state index < -0.39 is 34.9 Å². The van der Waals surface area contributed by atoms with Crippen LogP contribution in [0.5, 0.6) is 0 Å². The Balaban J connectivity index is 1.64. The van der Waals surface area contributed by atoms with E-state index in [1.807, 2.05) is 0 Å². The molecule has 1 aliphatic heterocycles. The van der Waals surface area contributed by atoms with Crippen molar-refractivity contribution in [2.45, 2.75) is 12.3 Å². The Bertz CT molecular complexity index is 1290. The number of nitrogens with zero attached hydrogens (tertiary/aromatic N) is 1. The summed E-state index contributed by atoms with van der Waals surface area (Å²) in [4.78, 5) is 44.3. The Morgan fingerprint density at radius 2 is 1.75 bits per heavy atom. The zero-order chi connectivity index (χ0) is 23.0. The van der Waals surface area contributed by atoms with Gasteiger partial charge < -0.3 is 16.0 Å². The molecule has 1 atom stereocenters. The van der Waals surface area contributed by atoms with Gasteiger partial charge in [-0.1, -0.05) is 23.2 Å². The molecule has 0 fully saturated rings. The fourth-order valence-electron chi connectivity index (χ4n) is 3.22. The second kappa shape index (κ2) is 8.56. The maximum absolute atomic E-state index is 13.4. The lowest BCUT2D eigenvalue weighted by molar-refractivity contribution is -0.123. The molecule has 0 radical (unpaired) electrons. The number of benzene rings is 2. The normalized spacial score (nSPS) is 15.0. The molecular formula is C20H13Cl2F2N5O3. The number of aromatic amines is 1. The number of nitrogens with one attached hydrogen (secondary N) is 4. The van der Waals surface area contributed by atoms with Crippen LogP contribution in [0.4, 0.5) is 31.9 Å². The van der Waals surface area contributed by atoms with E-state index >= 15 is 0 Å². The van der Waals surface area contributed by atoms with Crippen LogP contribution in [0.15, 0.2) is 41.2 Å². The Hall–Kier alpha value is -3.50. The van der Waals surface area contributed by atoms with E-state index in [1.54, 1.807) is 12.1 Å². The monoisotopic (exact) mass is 479 g/mol. The molecule has 32 heavy (non-hydrogen) atoms. The van der Waals surface area contributed by atoms with E-state index in [4.69, 9.17) is 23.2 Å². The van der Waals surface area contributed by atoms with Crippen molar-refractivity contribution in [1.82, 2.24) is 9.97 Å². The Morgan fingerprint density at radius 3 is 2.44 bits per heavy atom. The lowest BCUT2D eigenvalue weighted by Crippen LogP contribution is -2.36. The van der Waals surface area contributed by atoms with Gasteiger partial charge >= 0.3 is 0 Å². The third-order valence-corrected chi connectivity index (χ3v) is 5.02. The standard InChI is InChI=1S/C20H13Cl2F2N5O3/c21-8-3-9(22)5-11(4-8)26-20-28-17-16(19(32)29-20)12(7-15(30)27-17)18(31)25-10-1-2-13(23)14(24)6-10/h1-6,12H,7H2,(H,25,31)(H3,26,27,28,29,30,32). The summed E-state index contributed by atoms with van der Waals surface area (Å²) in [7, 11) is 0. The summed E-state index contributed by atoms with van der Waals surface area (Å²) in [6.45, 7) is 0. The zero-order valence-corrected chi connectivity index (χ0v) is 17.4. The van der Waals surface area contributed by atoms with Gasteiger partial charge in [-0.3, -0.25) is 19.4 Å². The highest BCUT2D eigenvalue weighted by atomic mass is 35.5. The highest BCUT2D eigenvalue weighted by Gasteiger charge is 2.35. The third-order valence-electron chi connectivity index (χ3n) is 4.58. The topological polar surface area (TPSA) is 116 Å². The quantitative estimate of drug-likeness (QED) is 0.448. The van der Waals surface area contributed by atoms with Gasteiger partial charge in [0.1, 0.15) is 5.82 Å². The molecule has 2 aromatic carbocycles. The van der Waals surface area contributed by atoms with Gasteiger partial charge in [-0.15, -0.1) is 0 Å². The van der Waals surface area contributed by atoms with Gasteiger partial charge in [-0.05, 0) is 30.3 Å². The molecule has 0 aliphatic carbocycles. The van der Waals surface area contributed by atoms with Gasteiger partial charge in [0.15, 0.2) is 11.6 Å². The second-order valence-corrected chi connectivity index (χ2v) is 7.76.